The standard InChI is InChI=1S/C25H25N3O5S/c1-3-14(2)21(23(30)31)27-22(29)20-12-26-24(34-20)28-25(32)33-13-19-17-10-6-4-8-15(17)16-9-5-7-11-18(16)19/h4-12,14,19,21H,3,13H2,1-2H3,(H,27,29)(H,30,31)(H,26,28,32)/t14?,21-/m0/s1. The summed E-state index contributed by atoms with van der Waals surface area (Å²) >= 11 is 0.950. The van der Waals surface area contributed by atoms with Gasteiger partial charge in [0.05, 0.1) is 6.20 Å². The van der Waals surface area contributed by atoms with Gasteiger partial charge in [0.2, 0.25) is 0 Å². The second kappa shape index (κ2) is 10.0. The highest BCUT2D eigenvalue weighted by Gasteiger charge is 2.29. The first-order valence-electron chi connectivity index (χ1n) is 11.0. The van der Waals surface area contributed by atoms with Gasteiger partial charge in [-0.2, -0.15) is 0 Å². The summed E-state index contributed by atoms with van der Waals surface area (Å²) in [5.41, 5.74) is 4.50. The lowest BCUT2D eigenvalue weighted by atomic mass is 9.98. The number of carboxylic acids is 1. The van der Waals surface area contributed by atoms with E-state index in [4.69, 9.17) is 4.74 Å². The van der Waals surface area contributed by atoms with E-state index in [0.717, 1.165) is 33.6 Å². The van der Waals surface area contributed by atoms with Crippen LogP contribution in [0.25, 0.3) is 11.1 Å². The van der Waals surface area contributed by atoms with Crippen LogP contribution in [0.4, 0.5) is 9.93 Å². The minimum Gasteiger partial charge on any atom is -0.480 e. The molecule has 0 spiro atoms. The number of benzene rings is 2. The summed E-state index contributed by atoms with van der Waals surface area (Å²) in [6, 6.07) is 15.1. The average molecular weight is 480 g/mol. The molecule has 1 aliphatic rings. The number of thiazole rings is 1. The Morgan fingerprint density at radius 1 is 1.09 bits per heavy atom. The molecule has 176 valence electrons. The number of nitrogens with one attached hydrogen (secondary N) is 2. The fourth-order valence-corrected chi connectivity index (χ4v) is 4.76. The first-order valence-corrected chi connectivity index (χ1v) is 11.8. The van der Waals surface area contributed by atoms with Crippen LogP contribution in [-0.2, 0) is 9.53 Å². The number of aliphatic carboxylic acids is 1. The zero-order chi connectivity index (χ0) is 24.2. The number of hydrogen-bond acceptors (Lipinski definition) is 6. The summed E-state index contributed by atoms with van der Waals surface area (Å²) in [5.74, 6) is -1.94. The molecule has 1 aromatic heterocycles. The zero-order valence-corrected chi connectivity index (χ0v) is 19.6. The Kier molecular flexibility index (Phi) is 6.93. The van der Waals surface area contributed by atoms with Crippen molar-refractivity contribution in [2.75, 3.05) is 11.9 Å². The van der Waals surface area contributed by atoms with Gasteiger partial charge >= 0.3 is 12.1 Å². The molecule has 9 heteroatoms. The van der Waals surface area contributed by atoms with Gasteiger partial charge in [-0.1, -0.05) is 80.1 Å². The molecule has 0 aliphatic heterocycles. The lowest BCUT2D eigenvalue weighted by molar-refractivity contribution is -0.140. The van der Waals surface area contributed by atoms with Gasteiger partial charge in [-0.05, 0) is 28.2 Å². The van der Waals surface area contributed by atoms with Crippen LogP contribution in [-0.4, -0.2) is 40.7 Å². The molecule has 3 aromatic rings. The zero-order valence-electron chi connectivity index (χ0n) is 18.8. The van der Waals surface area contributed by atoms with Crippen molar-refractivity contribution in [1.29, 1.82) is 0 Å². The van der Waals surface area contributed by atoms with E-state index in [9.17, 15) is 19.5 Å². The monoisotopic (exact) mass is 479 g/mol. The van der Waals surface area contributed by atoms with Crippen molar-refractivity contribution >= 4 is 34.4 Å². The Morgan fingerprint density at radius 3 is 2.29 bits per heavy atom. The Balaban J connectivity index is 1.37. The number of carbonyl (C=O) groups excluding carboxylic acids is 2. The van der Waals surface area contributed by atoms with Gasteiger partial charge in [0.25, 0.3) is 5.91 Å². The van der Waals surface area contributed by atoms with Crippen LogP contribution in [0.1, 0.15) is 47.0 Å². The minimum atomic E-state index is -1.09. The van der Waals surface area contributed by atoms with E-state index in [1.54, 1.807) is 6.92 Å². The van der Waals surface area contributed by atoms with Crippen molar-refractivity contribution in [1.82, 2.24) is 10.3 Å². The summed E-state index contributed by atoms with van der Waals surface area (Å²) in [7, 11) is 0. The number of ether oxygens (including phenoxy) is 1. The molecule has 2 amide bonds. The molecular formula is C25H25N3O5S. The maximum atomic E-state index is 12.5. The quantitative estimate of drug-likeness (QED) is 0.430. The second-order valence-corrected chi connectivity index (χ2v) is 9.19. The van der Waals surface area contributed by atoms with Gasteiger partial charge in [0.15, 0.2) is 5.13 Å². The molecule has 8 nitrogen and oxygen atoms in total. The van der Waals surface area contributed by atoms with E-state index in [1.807, 2.05) is 43.3 Å². The van der Waals surface area contributed by atoms with E-state index >= 15 is 0 Å². The van der Waals surface area contributed by atoms with Crippen LogP contribution >= 0.6 is 11.3 Å². The first kappa shape index (κ1) is 23.4. The van der Waals surface area contributed by atoms with Gasteiger partial charge in [-0.25, -0.2) is 14.6 Å². The van der Waals surface area contributed by atoms with Crippen LogP contribution in [0.15, 0.2) is 54.7 Å². The van der Waals surface area contributed by atoms with Crippen molar-refractivity contribution < 1.29 is 24.2 Å². The Labute approximate surface area is 201 Å². The van der Waals surface area contributed by atoms with E-state index in [-0.39, 0.29) is 28.5 Å². The third kappa shape index (κ3) is 4.79. The Morgan fingerprint density at radius 2 is 1.71 bits per heavy atom. The molecule has 1 unspecified atom stereocenters. The number of rotatable bonds is 8. The molecule has 0 bridgehead atoms. The van der Waals surface area contributed by atoms with Crippen molar-refractivity contribution in [2.45, 2.75) is 32.2 Å². The highest BCUT2D eigenvalue weighted by Crippen LogP contribution is 2.44. The fourth-order valence-electron chi connectivity index (χ4n) is 4.05. The highest BCUT2D eigenvalue weighted by atomic mass is 32.1. The molecule has 0 radical (unpaired) electrons. The van der Waals surface area contributed by atoms with E-state index in [0.29, 0.717) is 6.42 Å². The maximum absolute atomic E-state index is 12.5. The summed E-state index contributed by atoms with van der Waals surface area (Å²) in [5, 5.41) is 14.6. The Bertz CT molecular complexity index is 1180. The van der Waals surface area contributed by atoms with Crippen molar-refractivity contribution in [3.05, 3.63) is 70.7 Å². The maximum Gasteiger partial charge on any atom is 0.413 e. The summed E-state index contributed by atoms with van der Waals surface area (Å²) < 4.78 is 5.49. The summed E-state index contributed by atoms with van der Waals surface area (Å²) in [6.45, 7) is 3.78. The number of amides is 2. The van der Waals surface area contributed by atoms with Crippen LogP contribution in [0.5, 0.6) is 0 Å². The number of anilines is 1. The molecule has 0 saturated heterocycles. The number of carbonyl (C=O) groups is 3. The van der Waals surface area contributed by atoms with Gasteiger partial charge in [0.1, 0.15) is 17.5 Å². The number of carboxylic acid groups (broad SMARTS) is 1. The topological polar surface area (TPSA) is 118 Å². The third-order valence-electron chi connectivity index (χ3n) is 6.05. The largest absolute Gasteiger partial charge is 0.480 e. The first-order chi connectivity index (χ1) is 16.4. The molecule has 1 aliphatic carbocycles. The molecule has 1 heterocycles. The molecule has 2 aromatic carbocycles. The minimum absolute atomic E-state index is 0.0655. The molecule has 2 atom stereocenters. The van der Waals surface area contributed by atoms with Gasteiger partial charge < -0.3 is 15.2 Å². The average Bonchev–Trinajstić information content (AvgIpc) is 3.43. The third-order valence-corrected chi connectivity index (χ3v) is 6.96. The number of fused-ring (bicyclic) bond motifs is 3. The highest BCUT2D eigenvalue weighted by molar-refractivity contribution is 7.17. The molecule has 34 heavy (non-hydrogen) atoms. The summed E-state index contributed by atoms with van der Waals surface area (Å²) in [6.07, 6.45) is 1.23. The predicted octanol–water partition coefficient (Wildman–Crippen LogP) is 4.73. The molecule has 0 fully saturated rings. The molecule has 3 N–H and O–H groups in total. The SMILES string of the molecule is CCC(C)[C@H](NC(=O)c1cnc(NC(=O)OCC2c3ccccc3-c3ccccc32)s1)C(=O)O. The molecule has 4 rings (SSSR count). The summed E-state index contributed by atoms with van der Waals surface area (Å²) in [4.78, 5) is 40.6. The number of hydrogen-bond donors (Lipinski definition) is 3. The smallest absolute Gasteiger partial charge is 0.413 e. The van der Waals surface area contributed by atoms with Crippen LogP contribution in [0.2, 0.25) is 0 Å². The second-order valence-electron chi connectivity index (χ2n) is 8.16. The molecule has 0 saturated carbocycles. The van der Waals surface area contributed by atoms with E-state index in [1.165, 1.54) is 6.20 Å². The van der Waals surface area contributed by atoms with Crippen LogP contribution in [0, 0.1) is 5.92 Å². The van der Waals surface area contributed by atoms with Gasteiger partial charge in [-0.3, -0.25) is 10.1 Å². The number of aromatic nitrogens is 1. The Hall–Kier alpha value is -3.72. The number of nitrogens with zero attached hydrogens (tertiary/aromatic N) is 1. The lowest BCUT2D eigenvalue weighted by Gasteiger charge is -2.19. The normalized spacial score (nSPS) is 13.9. The van der Waals surface area contributed by atoms with Crippen LogP contribution < -0.4 is 10.6 Å². The van der Waals surface area contributed by atoms with Gasteiger partial charge in [0, 0.05) is 5.92 Å². The van der Waals surface area contributed by atoms with Crippen LogP contribution in [0.3, 0.4) is 0 Å². The predicted molar refractivity (Wildman–Crippen MR) is 129 cm³/mol. The molecular weight excluding hydrogens is 454 g/mol. The van der Waals surface area contributed by atoms with Crippen molar-refractivity contribution in [3.8, 4) is 11.1 Å². The van der Waals surface area contributed by atoms with Crippen molar-refractivity contribution in [3.63, 3.8) is 0 Å². The lowest BCUT2D eigenvalue weighted by Crippen LogP contribution is -2.44. The fraction of sp³-hybridized carbons (Fsp3) is 0.280. The van der Waals surface area contributed by atoms with Gasteiger partial charge in [-0.15, -0.1) is 0 Å². The van der Waals surface area contributed by atoms with E-state index < -0.39 is 24.0 Å². The van der Waals surface area contributed by atoms with E-state index in [2.05, 4.69) is 27.8 Å². The van der Waals surface area contributed by atoms with Crippen molar-refractivity contribution in [2.24, 2.45) is 5.92 Å².